The van der Waals surface area contributed by atoms with Gasteiger partial charge in [0.2, 0.25) is 0 Å². The van der Waals surface area contributed by atoms with Crippen LogP contribution in [-0.4, -0.2) is 44.3 Å². The van der Waals surface area contributed by atoms with Crippen LogP contribution < -0.4 is 20.1 Å². The number of aromatic amines is 1. The number of fused-ring (bicyclic) bond motifs is 1. The van der Waals surface area contributed by atoms with E-state index in [0.717, 1.165) is 35.1 Å². The second kappa shape index (κ2) is 9.85. The maximum atomic E-state index is 12.2. The molecular formula is C27H30N6O3. The van der Waals surface area contributed by atoms with Crippen molar-refractivity contribution in [2.24, 2.45) is 0 Å². The fraction of sp³-hybridized carbons (Fsp3) is 0.333. The Morgan fingerprint density at radius 3 is 2.67 bits per heavy atom. The van der Waals surface area contributed by atoms with Gasteiger partial charge < -0.3 is 20.1 Å². The van der Waals surface area contributed by atoms with Crippen LogP contribution in [0.25, 0.3) is 22.3 Å². The Hall–Kier alpha value is -4.14. The number of nitrogens with zero attached hydrogens (tertiary/aromatic N) is 3. The summed E-state index contributed by atoms with van der Waals surface area (Å²) in [6.45, 7) is 5.72. The predicted molar refractivity (Wildman–Crippen MR) is 139 cm³/mol. The first-order valence-electron chi connectivity index (χ1n) is 12.1. The zero-order valence-electron chi connectivity index (χ0n) is 20.7. The molecule has 1 aliphatic carbocycles. The maximum Gasteiger partial charge on any atom is 0.258 e. The van der Waals surface area contributed by atoms with E-state index in [2.05, 4.69) is 20.8 Å². The summed E-state index contributed by atoms with van der Waals surface area (Å²) in [5.74, 6) is 3.07. The summed E-state index contributed by atoms with van der Waals surface area (Å²) >= 11 is 0. The first-order chi connectivity index (χ1) is 17.3. The molecule has 9 nitrogen and oxygen atoms in total. The molecule has 0 unspecified atom stereocenters. The van der Waals surface area contributed by atoms with Crippen molar-refractivity contribution in [2.75, 3.05) is 11.9 Å². The van der Waals surface area contributed by atoms with Crippen molar-refractivity contribution in [2.45, 2.75) is 51.7 Å². The number of benzene rings is 2. The molecule has 0 radical (unpaired) electrons. The number of rotatable bonds is 8. The number of hydrogen-bond acceptors (Lipinski definition) is 7. The van der Waals surface area contributed by atoms with Gasteiger partial charge in [0.25, 0.3) is 5.91 Å². The van der Waals surface area contributed by atoms with Gasteiger partial charge in [-0.1, -0.05) is 12.1 Å². The fourth-order valence-electron chi connectivity index (χ4n) is 3.87. The molecule has 1 fully saturated rings. The number of hydrogen-bond donors (Lipinski definition) is 3. The van der Waals surface area contributed by atoms with Gasteiger partial charge in [0.05, 0.1) is 17.8 Å². The summed E-state index contributed by atoms with van der Waals surface area (Å²) < 4.78 is 11.8. The highest BCUT2D eigenvalue weighted by atomic mass is 16.5. The van der Waals surface area contributed by atoms with Crippen molar-refractivity contribution in [1.82, 2.24) is 25.5 Å². The summed E-state index contributed by atoms with van der Waals surface area (Å²) in [6, 6.07) is 15.1. The highest BCUT2D eigenvalue weighted by Crippen LogP contribution is 2.32. The third-order valence-corrected chi connectivity index (χ3v) is 5.75. The van der Waals surface area contributed by atoms with E-state index in [1.807, 2.05) is 69.3 Å². The Morgan fingerprint density at radius 2 is 1.94 bits per heavy atom. The molecule has 1 saturated carbocycles. The van der Waals surface area contributed by atoms with Crippen molar-refractivity contribution in [3.8, 4) is 22.9 Å². The van der Waals surface area contributed by atoms with Crippen molar-refractivity contribution in [1.29, 1.82) is 0 Å². The minimum atomic E-state index is -0.317. The molecule has 3 N–H and O–H groups in total. The molecule has 0 aliphatic heterocycles. The molecule has 1 amide bonds. The molecule has 36 heavy (non-hydrogen) atoms. The van der Waals surface area contributed by atoms with Gasteiger partial charge in [-0.2, -0.15) is 5.10 Å². The summed E-state index contributed by atoms with van der Waals surface area (Å²) in [4.78, 5) is 21.8. The van der Waals surface area contributed by atoms with E-state index in [-0.39, 0.29) is 24.2 Å². The van der Waals surface area contributed by atoms with E-state index in [0.29, 0.717) is 23.2 Å². The van der Waals surface area contributed by atoms with E-state index < -0.39 is 0 Å². The number of anilines is 2. The van der Waals surface area contributed by atoms with E-state index in [9.17, 15) is 4.79 Å². The molecule has 2 aromatic heterocycles. The smallest absolute Gasteiger partial charge is 0.258 e. The monoisotopic (exact) mass is 486 g/mol. The number of aromatic nitrogens is 4. The Bertz CT molecular complexity index is 1360. The lowest BCUT2D eigenvalue weighted by Gasteiger charge is -2.26. The summed E-state index contributed by atoms with van der Waals surface area (Å²) in [5, 5.41) is 14.0. The van der Waals surface area contributed by atoms with Gasteiger partial charge >= 0.3 is 0 Å². The predicted octanol–water partition coefficient (Wildman–Crippen LogP) is 4.99. The van der Waals surface area contributed by atoms with Gasteiger partial charge in [-0.3, -0.25) is 9.89 Å². The van der Waals surface area contributed by atoms with Crippen LogP contribution in [-0.2, 0) is 4.79 Å². The van der Waals surface area contributed by atoms with Crippen molar-refractivity contribution < 1.29 is 14.3 Å². The molecule has 0 saturated heterocycles. The second-order valence-corrected chi connectivity index (χ2v) is 9.96. The molecule has 1 aliphatic rings. The average Bonchev–Trinajstić information content (AvgIpc) is 3.32. The highest BCUT2D eigenvalue weighted by molar-refractivity contribution is 5.93. The Labute approximate surface area is 209 Å². The number of ether oxygens (including phenoxy) is 2. The zero-order valence-corrected chi connectivity index (χ0v) is 20.7. The lowest BCUT2D eigenvalue weighted by Crippen LogP contribution is -2.43. The van der Waals surface area contributed by atoms with E-state index in [4.69, 9.17) is 19.4 Å². The molecule has 186 valence electrons. The van der Waals surface area contributed by atoms with Crippen LogP contribution in [0.1, 0.15) is 40.0 Å². The lowest BCUT2D eigenvalue weighted by molar-refractivity contribution is -0.124. The standard InChI is InChI=1S/C27H30N6O3/c1-27(2,3)32-24(34)16-35-19-9-4-6-17(14-19)25-29-22-11-10-20(36-18-7-5-8-18)15-21(22)26(31-25)30-23-12-13-28-33-23/h4,6,9-15,18H,5,7-8,16H2,1-3H3,(H,32,34)(H2,28,29,30,31,33). The van der Waals surface area contributed by atoms with Crippen LogP contribution >= 0.6 is 0 Å². The molecular weight excluding hydrogens is 456 g/mol. The van der Waals surface area contributed by atoms with Crippen LogP contribution in [0.3, 0.4) is 0 Å². The Kier molecular flexibility index (Phi) is 6.45. The maximum absolute atomic E-state index is 12.2. The lowest BCUT2D eigenvalue weighted by atomic mass is 9.96. The van der Waals surface area contributed by atoms with Gasteiger partial charge in [-0.15, -0.1) is 0 Å². The first kappa shape index (κ1) is 23.6. The van der Waals surface area contributed by atoms with Gasteiger partial charge in [0, 0.05) is 22.6 Å². The molecule has 2 heterocycles. The van der Waals surface area contributed by atoms with E-state index >= 15 is 0 Å². The van der Waals surface area contributed by atoms with E-state index in [1.54, 1.807) is 6.20 Å². The van der Waals surface area contributed by atoms with E-state index in [1.165, 1.54) is 6.42 Å². The molecule has 5 rings (SSSR count). The minimum Gasteiger partial charge on any atom is -0.490 e. The molecule has 9 heteroatoms. The highest BCUT2D eigenvalue weighted by Gasteiger charge is 2.20. The largest absolute Gasteiger partial charge is 0.490 e. The second-order valence-electron chi connectivity index (χ2n) is 9.96. The molecule has 0 spiro atoms. The average molecular weight is 487 g/mol. The minimum absolute atomic E-state index is 0.0737. The van der Waals surface area contributed by atoms with Crippen LogP contribution in [0.2, 0.25) is 0 Å². The molecule has 2 aromatic carbocycles. The summed E-state index contributed by atoms with van der Waals surface area (Å²) in [6.07, 6.45) is 5.33. The fourth-order valence-corrected chi connectivity index (χ4v) is 3.87. The van der Waals surface area contributed by atoms with Crippen LogP contribution in [0.4, 0.5) is 11.6 Å². The zero-order chi connectivity index (χ0) is 25.1. The van der Waals surface area contributed by atoms with Crippen molar-refractivity contribution in [3.63, 3.8) is 0 Å². The van der Waals surface area contributed by atoms with Gasteiger partial charge in [0.1, 0.15) is 23.1 Å². The molecule has 0 atom stereocenters. The molecule has 0 bridgehead atoms. The number of carbonyl (C=O) groups is 1. The third kappa shape index (κ3) is 5.73. The Morgan fingerprint density at radius 1 is 1.08 bits per heavy atom. The number of nitrogens with one attached hydrogen (secondary N) is 3. The normalized spacial score (nSPS) is 13.8. The quantitative estimate of drug-likeness (QED) is 0.321. The van der Waals surface area contributed by atoms with Crippen LogP contribution in [0, 0.1) is 0 Å². The van der Waals surface area contributed by atoms with Crippen molar-refractivity contribution >= 4 is 28.4 Å². The first-order valence-corrected chi connectivity index (χ1v) is 12.1. The topological polar surface area (TPSA) is 114 Å². The van der Waals surface area contributed by atoms with Gasteiger partial charge in [-0.05, 0) is 70.4 Å². The van der Waals surface area contributed by atoms with Crippen molar-refractivity contribution in [3.05, 3.63) is 54.7 Å². The SMILES string of the molecule is CC(C)(C)NC(=O)COc1cccc(-c2nc(Nc3ccn[nH]3)c3cc(OC4CCC4)ccc3n2)c1. The van der Waals surface area contributed by atoms with Crippen LogP contribution in [0.15, 0.2) is 54.7 Å². The Balaban J connectivity index is 1.44. The number of H-pyrrole nitrogens is 1. The number of carbonyl (C=O) groups excluding carboxylic acids is 1. The van der Waals surface area contributed by atoms with Gasteiger partial charge in [-0.25, -0.2) is 9.97 Å². The summed E-state index contributed by atoms with van der Waals surface area (Å²) in [5.41, 5.74) is 1.23. The molecule has 4 aromatic rings. The van der Waals surface area contributed by atoms with Gasteiger partial charge in [0.15, 0.2) is 12.4 Å². The summed E-state index contributed by atoms with van der Waals surface area (Å²) in [7, 11) is 0. The van der Waals surface area contributed by atoms with Crippen LogP contribution in [0.5, 0.6) is 11.5 Å². The number of amides is 1. The third-order valence-electron chi connectivity index (χ3n) is 5.75.